The van der Waals surface area contributed by atoms with E-state index in [-0.39, 0.29) is 5.91 Å². The zero-order chi connectivity index (χ0) is 15.4. The minimum atomic E-state index is -0.543. The molecule has 0 saturated carbocycles. The second kappa shape index (κ2) is 6.54. The summed E-state index contributed by atoms with van der Waals surface area (Å²) in [5, 5.41) is 0. The molecule has 0 atom stereocenters. The van der Waals surface area contributed by atoms with Crippen LogP contribution in [0, 0.1) is 0 Å². The van der Waals surface area contributed by atoms with E-state index < -0.39 is 5.91 Å². The standard InChI is InChI=1S/C16H15BrN2O2/c1-19(10-13-5-2-3-8-14(13)17)16(21)12-7-4-6-11(9-12)15(18)20/h2-9H,10H2,1H3,(H2,18,20). The monoisotopic (exact) mass is 346 g/mol. The molecule has 108 valence electrons. The third-order valence-corrected chi connectivity index (χ3v) is 3.88. The number of primary amides is 1. The van der Waals surface area contributed by atoms with Crippen LogP contribution in [0.25, 0.3) is 0 Å². The van der Waals surface area contributed by atoms with Crippen LogP contribution in [0.3, 0.4) is 0 Å². The van der Waals surface area contributed by atoms with E-state index in [9.17, 15) is 9.59 Å². The van der Waals surface area contributed by atoms with Crippen molar-refractivity contribution in [2.75, 3.05) is 7.05 Å². The number of benzene rings is 2. The molecule has 0 aliphatic carbocycles. The summed E-state index contributed by atoms with van der Waals surface area (Å²) in [6.45, 7) is 0.473. The van der Waals surface area contributed by atoms with Crippen molar-refractivity contribution in [3.8, 4) is 0 Å². The molecule has 5 heteroatoms. The van der Waals surface area contributed by atoms with Crippen LogP contribution in [0.2, 0.25) is 0 Å². The number of hydrogen-bond acceptors (Lipinski definition) is 2. The molecular weight excluding hydrogens is 332 g/mol. The summed E-state index contributed by atoms with van der Waals surface area (Å²) in [5.41, 5.74) is 7.02. The van der Waals surface area contributed by atoms with Crippen molar-refractivity contribution >= 4 is 27.7 Å². The van der Waals surface area contributed by atoms with E-state index >= 15 is 0 Å². The highest BCUT2D eigenvalue weighted by Gasteiger charge is 2.14. The fourth-order valence-electron chi connectivity index (χ4n) is 1.98. The lowest BCUT2D eigenvalue weighted by atomic mass is 10.1. The summed E-state index contributed by atoms with van der Waals surface area (Å²) in [6, 6.07) is 14.2. The molecule has 2 rings (SSSR count). The molecule has 0 bridgehead atoms. The Hall–Kier alpha value is -2.14. The molecule has 0 saturated heterocycles. The van der Waals surface area contributed by atoms with Crippen LogP contribution >= 0.6 is 15.9 Å². The average molecular weight is 347 g/mol. The summed E-state index contributed by atoms with van der Waals surface area (Å²) in [4.78, 5) is 25.2. The quantitative estimate of drug-likeness (QED) is 0.924. The first-order valence-electron chi connectivity index (χ1n) is 6.38. The van der Waals surface area contributed by atoms with Crippen LogP contribution in [0.4, 0.5) is 0 Å². The van der Waals surface area contributed by atoms with Crippen LogP contribution in [-0.4, -0.2) is 23.8 Å². The van der Waals surface area contributed by atoms with Crippen LogP contribution in [0.5, 0.6) is 0 Å². The van der Waals surface area contributed by atoms with E-state index in [4.69, 9.17) is 5.73 Å². The molecule has 2 aromatic rings. The van der Waals surface area contributed by atoms with Gasteiger partial charge in [0, 0.05) is 29.2 Å². The lowest BCUT2D eigenvalue weighted by Gasteiger charge is -2.18. The highest BCUT2D eigenvalue weighted by atomic mass is 79.9. The van der Waals surface area contributed by atoms with Gasteiger partial charge < -0.3 is 10.6 Å². The molecule has 2 amide bonds. The van der Waals surface area contributed by atoms with Crippen LogP contribution < -0.4 is 5.73 Å². The number of rotatable bonds is 4. The highest BCUT2D eigenvalue weighted by molar-refractivity contribution is 9.10. The van der Waals surface area contributed by atoms with Crippen LogP contribution in [0.1, 0.15) is 26.3 Å². The lowest BCUT2D eigenvalue weighted by molar-refractivity contribution is 0.0785. The van der Waals surface area contributed by atoms with E-state index in [1.165, 1.54) is 6.07 Å². The molecule has 0 heterocycles. The Labute approximate surface area is 131 Å². The first kappa shape index (κ1) is 15.3. The third-order valence-electron chi connectivity index (χ3n) is 3.11. The van der Waals surface area contributed by atoms with Crippen molar-refractivity contribution in [2.45, 2.75) is 6.54 Å². The Bertz CT molecular complexity index is 685. The second-order valence-corrected chi connectivity index (χ2v) is 5.55. The molecule has 0 aliphatic heterocycles. The van der Waals surface area contributed by atoms with E-state index in [1.807, 2.05) is 24.3 Å². The molecule has 0 aliphatic rings. The minimum absolute atomic E-state index is 0.158. The normalized spacial score (nSPS) is 10.2. The van der Waals surface area contributed by atoms with Gasteiger partial charge in [-0.2, -0.15) is 0 Å². The Balaban J connectivity index is 2.18. The van der Waals surface area contributed by atoms with Crippen LogP contribution in [-0.2, 0) is 6.54 Å². The van der Waals surface area contributed by atoms with Gasteiger partial charge in [0.15, 0.2) is 0 Å². The first-order valence-corrected chi connectivity index (χ1v) is 7.17. The summed E-state index contributed by atoms with van der Waals surface area (Å²) in [6.07, 6.45) is 0. The topological polar surface area (TPSA) is 63.4 Å². The zero-order valence-corrected chi connectivity index (χ0v) is 13.1. The van der Waals surface area contributed by atoms with Gasteiger partial charge in [-0.25, -0.2) is 0 Å². The molecule has 2 aromatic carbocycles. The van der Waals surface area contributed by atoms with Gasteiger partial charge >= 0.3 is 0 Å². The summed E-state index contributed by atoms with van der Waals surface area (Å²) >= 11 is 3.46. The van der Waals surface area contributed by atoms with Gasteiger partial charge in [0.25, 0.3) is 5.91 Å². The molecule has 0 aromatic heterocycles. The molecule has 2 N–H and O–H groups in total. The third kappa shape index (κ3) is 3.70. The van der Waals surface area contributed by atoms with E-state index in [1.54, 1.807) is 30.1 Å². The second-order valence-electron chi connectivity index (χ2n) is 4.70. The minimum Gasteiger partial charge on any atom is -0.366 e. The van der Waals surface area contributed by atoms with Gasteiger partial charge in [-0.05, 0) is 29.8 Å². The molecule has 21 heavy (non-hydrogen) atoms. The fourth-order valence-corrected chi connectivity index (χ4v) is 2.39. The number of nitrogens with zero attached hydrogens (tertiary/aromatic N) is 1. The first-order chi connectivity index (χ1) is 9.99. The lowest BCUT2D eigenvalue weighted by Crippen LogP contribution is -2.26. The Morgan fingerprint density at radius 3 is 2.43 bits per heavy atom. The number of halogens is 1. The fraction of sp³-hybridized carbons (Fsp3) is 0.125. The molecule has 0 unspecified atom stereocenters. The molecular formula is C16H15BrN2O2. The Morgan fingerprint density at radius 2 is 1.76 bits per heavy atom. The van der Waals surface area contributed by atoms with E-state index in [2.05, 4.69) is 15.9 Å². The predicted molar refractivity (Wildman–Crippen MR) is 84.9 cm³/mol. The summed E-state index contributed by atoms with van der Waals surface area (Å²) < 4.78 is 0.954. The molecule has 0 spiro atoms. The van der Waals surface area contributed by atoms with Crippen molar-refractivity contribution in [1.82, 2.24) is 4.90 Å². The van der Waals surface area contributed by atoms with Gasteiger partial charge in [0.2, 0.25) is 5.91 Å². The van der Waals surface area contributed by atoms with Gasteiger partial charge in [-0.3, -0.25) is 9.59 Å². The Morgan fingerprint density at radius 1 is 1.10 bits per heavy atom. The van der Waals surface area contributed by atoms with E-state index in [0.717, 1.165) is 10.0 Å². The van der Waals surface area contributed by atoms with Gasteiger partial charge in [-0.1, -0.05) is 40.2 Å². The Kier molecular flexibility index (Phi) is 4.75. The maximum atomic E-state index is 12.4. The van der Waals surface area contributed by atoms with Gasteiger partial charge in [0.1, 0.15) is 0 Å². The van der Waals surface area contributed by atoms with Crippen LogP contribution in [0.15, 0.2) is 53.0 Å². The van der Waals surface area contributed by atoms with Crippen molar-refractivity contribution < 1.29 is 9.59 Å². The summed E-state index contributed by atoms with van der Waals surface area (Å²) in [7, 11) is 1.72. The van der Waals surface area contributed by atoms with Gasteiger partial charge in [0.05, 0.1) is 0 Å². The number of amides is 2. The number of carbonyl (C=O) groups is 2. The summed E-state index contributed by atoms with van der Waals surface area (Å²) in [5.74, 6) is -0.702. The largest absolute Gasteiger partial charge is 0.366 e. The average Bonchev–Trinajstić information content (AvgIpc) is 2.49. The number of carbonyl (C=O) groups excluding carboxylic acids is 2. The molecule has 0 fully saturated rings. The maximum absolute atomic E-state index is 12.4. The van der Waals surface area contributed by atoms with Crippen molar-refractivity contribution in [1.29, 1.82) is 0 Å². The molecule has 4 nitrogen and oxygen atoms in total. The van der Waals surface area contributed by atoms with Gasteiger partial charge in [-0.15, -0.1) is 0 Å². The number of nitrogens with two attached hydrogens (primary N) is 1. The predicted octanol–water partition coefficient (Wildman–Crippen LogP) is 2.82. The van der Waals surface area contributed by atoms with Crippen molar-refractivity contribution in [2.24, 2.45) is 5.73 Å². The van der Waals surface area contributed by atoms with Crippen molar-refractivity contribution in [3.63, 3.8) is 0 Å². The highest BCUT2D eigenvalue weighted by Crippen LogP contribution is 2.18. The SMILES string of the molecule is CN(Cc1ccccc1Br)C(=O)c1cccc(C(N)=O)c1. The maximum Gasteiger partial charge on any atom is 0.253 e. The zero-order valence-electron chi connectivity index (χ0n) is 11.5. The number of hydrogen-bond donors (Lipinski definition) is 1. The van der Waals surface area contributed by atoms with Crippen molar-refractivity contribution in [3.05, 3.63) is 69.7 Å². The smallest absolute Gasteiger partial charge is 0.253 e. The van der Waals surface area contributed by atoms with E-state index in [0.29, 0.717) is 17.7 Å². The molecule has 0 radical (unpaired) electrons.